The molecular weight excluding hydrogens is 839 g/mol. The van der Waals surface area contributed by atoms with Gasteiger partial charge in [0, 0.05) is 60.0 Å². The molecule has 2 aromatic heterocycles. The van der Waals surface area contributed by atoms with Crippen LogP contribution in [0.1, 0.15) is 43.4 Å². The average molecular weight is 894 g/mol. The van der Waals surface area contributed by atoms with E-state index in [1.165, 1.54) is 18.7 Å². The number of nitrogens with zero attached hydrogens (tertiary/aromatic N) is 1. The smallest absolute Gasteiger partial charge is 0.326 e. The number of aromatic nitrogens is 2. The third-order valence-corrected chi connectivity index (χ3v) is 11.5. The van der Waals surface area contributed by atoms with Crippen molar-refractivity contribution >= 4 is 63.2 Å². The van der Waals surface area contributed by atoms with Crippen LogP contribution in [0.4, 0.5) is 0 Å². The van der Waals surface area contributed by atoms with Gasteiger partial charge in [0.15, 0.2) is 0 Å². The molecule has 5 aromatic rings. The molecule has 3 heterocycles. The van der Waals surface area contributed by atoms with Gasteiger partial charge in [-0.3, -0.25) is 28.8 Å². The number of aliphatic carboxylic acids is 1. The molecule has 12 N–H and O–H groups in total. The first kappa shape index (κ1) is 47.4. The largest absolute Gasteiger partial charge is 0.480 e. The topological polar surface area (TPSA) is 301 Å². The van der Waals surface area contributed by atoms with Crippen LogP contribution in [0.2, 0.25) is 0 Å². The molecule has 1 aliphatic heterocycles. The number of carboxylic acids is 1. The van der Waals surface area contributed by atoms with Crippen molar-refractivity contribution in [3.8, 4) is 0 Å². The number of carboxylic acid groups (broad SMARTS) is 1. The summed E-state index contributed by atoms with van der Waals surface area (Å²) in [5.41, 5.74) is 9.03. The van der Waals surface area contributed by atoms with Gasteiger partial charge in [0.2, 0.25) is 35.4 Å². The summed E-state index contributed by atoms with van der Waals surface area (Å²) < 4.78 is 0. The van der Waals surface area contributed by atoms with E-state index in [2.05, 4.69) is 36.6 Å². The Morgan fingerprint density at radius 2 is 1.23 bits per heavy atom. The fourth-order valence-electron chi connectivity index (χ4n) is 7.99. The molecule has 19 heteroatoms. The number of nitrogens with one attached hydrogen (secondary N) is 7. The molecule has 0 spiro atoms. The molecule has 8 unspecified atom stereocenters. The van der Waals surface area contributed by atoms with Gasteiger partial charge in [-0.15, -0.1) is 0 Å². The first-order valence-corrected chi connectivity index (χ1v) is 21.4. The highest BCUT2D eigenvalue weighted by Gasteiger charge is 2.39. The molecule has 6 amide bonds. The summed E-state index contributed by atoms with van der Waals surface area (Å²) in [5, 5.41) is 44.6. The lowest BCUT2D eigenvalue weighted by Crippen LogP contribution is -2.61. The summed E-state index contributed by atoms with van der Waals surface area (Å²) in [6.45, 7) is 2.25. The number of carbonyl (C=O) groups is 7. The molecule has 1 fully saturated rings. The average Bonchev–Trinajstić information content (AvgIpc) is 4.06. The van der Waals surface area contributed by atoms with E-state index in [0.717, 1.165) is 21.8 Å². The Morgan fingerprint density at radius 1 is 0.692 bits per heavy atom. The number of benzene rings is 3. The van der Waals surface area contributed by atoms with Crippen molar-refractivity contribution in [2.24, 2.45) is 5.73 Å². The zero-order valence-corrected chi connectivity index (χ0v) is 36.0. The van der Waals surface area contributed by atoms with Crippen LogP contribution in [-0.4, -0.2) is 133 Å². The molecule has 19 nitrogen and oxygen atoms in total. The molecule has 6 rings (SSSR count). The van der Waals surface area contributed by atoms with Gasteiger partial charge in [-0.1, -0.05) is 66.7 Å². The minimum Gasteiger partial charge on any atom is -0.480 e. The zero-order valence-electron chi connectivity index (χ0n) is 36.0. The van der Waals surface area contributed by atoms with Gasteiger partial charge in [-0.25, -0.2) is 4.79 Å². The van der Waals surface area contributed by atoms with Crippen molar-refractivity contribution in [2.75, 3.05) is 13.2 Å². The number of nitrogens with two attached hydrogens (primary N) is 1. The molecule has 0 aliphatic carbocycles. The number of para-hydroxylation sites is 2. The second-order valence-electron chi connectivity index (χ2n) is 16.3. The Labute approximate surface area is 373 Å². The second-order valence-corrected chi connectivity index (χ2v) is 16.3. The monoisotopic (exact) mass is 893 g/mol. The van der Waals surface area contributed by atoms with Gasteiger partial charge in [-0.05, 0) is 55.5 Å². The van der Waals surface area contributed by atoms with Crippen LogP contribution in [0, 0.1) is 0 Å². The number of likely N-dealkylation sites (tertiary alicyclic amines) is 1. The number of aromatic amines is 2. The molecule has 1 saturated heterocycles. The van der Waals surface area contributed by atoms with Crippen LogP contribution in [0.3, 0.4) is 0 Å². The zero-order chi connectivity index (χ0) is 46.8. The third kappa shape index (κ3) is 11.7. The second kappa shape index (κ2) is 21.5. The molecule has 344 valence electrons. The first-order chi connectivity index (χ1) is 31.1. The minimum absolute atomic E-state index is 0.0636. The maximum atomic E-state index is 14.7. The van der Waals surface area contributed by atoms with E-state index in [9.17, 15) is 48.9 Å². The Kier molecular flexibility index (Phi) is 15.7. The Hall–Kier alpha value is -7.09. The SMILES string of the molecule is CC(NC(=O)C(N)CO)C(=O)N1CCCC1C(=O)NC(Cc1c[nH]c2ccccc12)C(=O)NC(Cc1c[nH]c2ccccc12)C(=O)NC(C(=O)NC(Cc1ccccc1)C(=O)O)C(C)O. The molecule has 0 bridgehead atoms. The van der Waals surface area contributed by atoms with Gasteiger partial charge in [0.25, 0.3) is 0 Å². The van der Waals surface area contributed by atoms with E-state index in [0.29, 0.717) is 23.1 Å². The van der Waals surface area contributed by atoms with Gasteiger partial charge in [-0.2, -0.15) is 0 Å². The fraction of sp³-hybridized carbons (Fsp3) is 0.370. The van der Waals surface area contributed by atoms with Crippen molar-refractivity contribution in [3.05, 3.63) is 108 Å². The standard InChI is InChI=1S/C46H55N9O10/c1-25(50-40(58)32(47)24-56)45(63)55-18-10-17-38(55)43(61)52-35(20-28-22-48-33-15-8-6-13-30(28)33)41(59)51-36(21-29-23-49-34-16-9-7-14-31(29)34)42(60)54-39(26(2)57)44(62)53-37(46(64)65)19-27-11-4-3-5-12-27/h3-9,11-16,22-23,25-26,32,35-39,48-49,56-57H,10,17-21,24,47H2,1-2H3,(H,50,58)(H,51,59)(H,52,61)(H,53,62)(H,54,60)(H,64,65). The van der Waals surface area contributed by atoms with Crippen molar-refractivity contribution in [1.29, 1.82) is 0 Å². The molecule has 0 radical (unpaired) electrons. The summed E-state index contributed by atoms with van der Waals surface area (Å²) in [6, 6.07) is 14.1. The minimum atomic E-state index is -1.65. The highest BCUT2D eigenvalue weighted by molar-refractivity contribution is 5.98. The number of aliphatic hydroxyl groups excluding tert-OH is 2. The van der Waals surface area contributed by atoms with Gasteiger partial charge in [0.05, 0.1) is 12.7 Å². The lowest BCUT2D eigenvalue weighted by atomic mass is 10.0. The quantitative estimate of drug-likeness (QED) is 0.0490. The lowest BCUT2D eigenvalue weighted by molar-refractivity contribution is -0.143. The predicted octanol–water partition coefficient (Wildman–Crippen LogP) is -0.103. The van der Waals surface area contributed by atoms with Gasteiger partial charge >= 0.3 is 5.97 Å². The van der Waals surface area contributed by atoms with E-state index in [1.807, 2.05) is 42.5 Å². The van der Waals surface area contributed by atoms with Crippen LogP contribution in [0.15, 0.2) is 91.3 Å². The first-order valence-electron chi connectivity index (χ1n) is 21.4. The van der Waals surface area contributed by atoms with Crippen LogP contribution < -0.4 is 32.3 Å². The number of carbonyl (C=O) groups excluding carboxylic acids is 6. The number of aliphatic hydroxyl groups is 2. The lowest BCUT2D eigenvalue weighted by Gasteiger charge is -2.30. The number of fused-ring (bicyclic) bond motifs is 2. The maximum Gasteiger partial charge on any atom is 0.326 e. The van der Waals surface area contributed by atoms with Crippen molar-refractivity contribution in [1.82, 2.24) is 41.5 Å². The van der Waals surface area contributed by atoms with E-state index < -0.39 is 96.4 Å². The molecule has 1 aliphatic rings. The number of amides is 6. The molecule has 8 atom stereocenters. The van der Waals surface area contributed by atoms with Crippen molar-refractivity contribution in [3.63, 3.8) is 0 Å². The number of H-pyrrole nitrogens is 2. The molecule has 65 heavy (non-hydrogen) atoms. The highest BCUT2D eigenvalue weighted by Crippen LogP contribution is 2.23. The van der Waals surface area contributed by atoms with Crippen LogP contribution in [0.25, 0.3) is 21.8 Å². The van der Waals surface area contributed by atoms with Crippen LogP contribution in [-0.2, 0) is 52.8 Å². The summed E-state index contributed by atoms with van der Waals surface area (Å²) >= 11 is 0. The summed E-state index contributed by atoms with van der Waals surface area (Å²) in [6.07, 6.45) is 2.30. The van der Waals surface area contributed by atoms with E-state index >= 15 is 0 Å². The van der Waals surface area contributed by atoms with Gasteiger partial charge in [0.1, 0.15) is 42.3 Å². The van der Waals surface area contributed by atoms with Crippen LogP contribution in [0.5, 0.6) is 0 Å². The predicted molar refractivity (Wildman–Crippen MR) is 239 cm³/mol. The summed E-state index contributed by atoms with van der Waals surface area (Å²) in [4.78, 5) is 103. The molecular formula is C46H55N9O10. The fourth-order valence-corrected chi connectivity index (χ4v) is 7.99. The Morgan fingerprint density at radius 3 is 1.80 bits per heavy atom. The summed E-state index contributed by atoms with van der Waals surface area (Å²) in [5.74, 6) is -5.96. The van der Waals surface area contributed by atoms with Crippen molar-refractivity contribution in [2.45, 2.75) is 94.3 Å². The molecule has 0 saturated carbocycles. The third-order valence-electron chi connectivity index (χ3n) is 11.5. The van der Waals surface area contributed by atoms with E-state index in [-0.39, 0.29) is 32.2 Å². The highest BCUT2D eigenvalue weighted by atomic mass is 16.4. The van der Waals surface area contributed by atoms with Gasteiger partial charge < -0.3 is 62.5 Å². The number of hydrogen-bond acceptors (Lipinski definition) is 10. The number of rotatable bonds is 20. The van der Waals surface area contributed by atoms with E-state index in [1.54, 1.807) is 48.8 Å². The van der Waals surface area contributed by atoms with E-state index in [4.69, 9.17) is 5.73 Å². The Bertz CT molecular complexity index is 2510. The normalized spacial score (nSPS) is 16.9. The molecule has 3 aromatic carbocycles. The number of hydrogen-bond donors (Lipinski definition) is 11. The summed E-state index contributed by atoms with van der Waals surface area (Å²) in [7, 11) is 0. The van der Waals surface area contributed by atoms with Crippen LogP contribution >= 0.6 is 0 Å². The van der Waals surface area contributed by atoms with Crippen molar-refractivity contribution < 1.29 is 48.9 Å². The Balaban J connectivity index is 1.27. The maximum absolute atomic E-state index is 14.7.